The highest BCUT2D eigenvalue weighted by atomic mass is 16.5. The molecular formula is C6H10O5. The Morgan fingerprint density at radius 2 is 2.00 bits per heavy atom. The van der Waals surface area contributed by atoms with Gasteiger partial charge in [0.2, 0.25) is 0 Å². The van der Waals surface area contributed by atoms with Gasteiger partial charge in [-0.05, 0) is 0 Å². The first kappa shape index (κ1) is 9.90. The molecule has 0 aliphatic carbocycles. The van der Waals surface area contributed by atoms with Crippen LogP contribution in [-0.4, -0.2) is 35.9 Å². The van der Waals surface area contributed by atoms with E-state index in [1.807, 2.05) is 0 Å². The fraction of sp³-hybridized carbons (Fsp3) is 0.667. The smallest absolute Gasteiger partial charge is 0.309 e. The Hall–Kier alpha value is -1.10. The van der Waals surface area contributed by atoms with Crippen molar-refractivity contribution in [3.8, 4) is 0 Å². The molecule has 0 saturated heterocycles. The minimum Gasteiger partial charge on any atom is -0.481 e. The van der Waals surface area contributed by atoms with Gasteiger partial charge in [-0.2, -0.15) is 0 Å². The van der Waals surface area contributed by atoms with Gasteiger partial charge in [0.15, 0.2) is 0 Å². The maximum atomic E-state index is 10.3. The van der Waals surface area contributed by atoms with Crippen molar-refractivity contribution in [2.75, 3.05) is 13.7 Å². The first-order chi connectivity index (χ1) is 5.07. The van der Waals surface area contributed by atoms with Gasteiger partial charge in [-0.3, -0.25) is 9.59 Å². The summed E-state index contributed by atoms with van der Waals surface area (Å²) in [5.74, 6) is -3.22. The molecule has 64 valence electrons. The van der Waals surface area contributed by atoms with Crippen LogP contribution in [0.4, 0.5) is 0 Å². The molecule has 11 heavy (non-hydrogen) atoms. The molecule has 5 heteroatoms. The SMILES string of the molecule is COC[C@H](CC(=O)O)C(=O)O. The number of carboxylic acids is 2. The van der Waals surface area contributed by atoms with Crippen LogP contribution in [0.2, 0.25) is 0 Å². The summed E-state index contributed by atoms with van der Waals surface area (Å²) in [7, 11) is 1.33. The van der Waals surface area contributed by atoms with E-state index in [1.165, 1.54) is 7.11 Å². The van der Waals surface area contributed by atoms with Crippen LogP contribution in [0.5, 0.6) is 0 Å². The first-order valence-electron chi connectivity index (χ1n) is 3.01. The predicted molar refractivity (Wildman–Crippen MR) is 35.3 cm³/mol. The Morgan fingerprint density at radius 3 is 2.27 bits per heavy atom. The number of methoxy groups -OCH3 is 1. The van der Waals surface area contributed by atoms with Crippen LogP contribution < -0.4 is 0 Å². The molecule has 0 aromatic carbocycles. The quantitative estimate of drug-likeness (QED) is 0.585. The summed E-state index contributed by atoms with van der Waals surface area (Å²) in [6.45, 7) is -0.0678. The van der Waals surface area contributed by atoms with Gasteiger partial charge in [0, 0.05) is 7.11 Å². The molecule has 0 aliphatic heterocycles. The summed E-state index contributed by atoms with van der Waals surface area (Å²) in [6.07, 6.45) is -0.400. The Balaban J connectivity index is 3.89. The summed E-state index contributed by atoms with van der Waals surface area (Å²) in [6, 6.07) is 0. The van der Waals surface area contributed by atoms with E-state index in [4.69, 9.17) is 10.2 Å². The van der Waals surface area contributed by atoms with Crippen LogP contribution >= 0.6 is 0 Å². The Labute approximate surface area is 63.6 Å². The molecule has 0 spiro atoms. The summed E-state index contributed by atoms with van der Waals surface area (Å²) < 4.78 is 4.52. The summed E-state index contributed by atoms with van der Waals surface area (Å²) >= 11 is 0. The van der Waals surface area contributed by atoms with Gasteiger partial charge < -0.3 is 14.9 Å². The lowest BCUT2D eigenvalue weighted by molar-refractivity contribution is -0.150. The molecular weight excluding hydrogens is 152 g/mol. The molecule has 2 N–H and O–H groups in total. The van der Waals surface area contributed by atoms with Crippen molar-refractivity contribution in [3.63, 3.8) is 0 Å². The van der Waals surface area contributed by atoms with E-state index in [2.05, 4.69) is 4.74 Å². The number of aliphatic carboxylic acids is 2. The van der Waals surface area contributed by atoms with E-state index in [9.17, 15) is 9.59 Å². The molecule has 0 fully saturated rings. The molecule has 0 unspecified atom stereocenters. The molecule has 0 aromatic rings. The molecule has 0 amide bonds. The van der Waals surface area contributed by atoms with Gasteiger partial charge in [0.25, 0.3) is 0 Å². The minimum atomic E-state index is -1.14. The number of hydrogen-bond acceptors (Lipinski definition) is 3. The Kier molecular flexibility index (Phi) is 4.21. The van der Waals surface area contributed by atoms with Crippen molar-refractivity contribution in [3.05, 3.63) is 0 Å². The van der Waals surface area contributed by atoms with Gasteiger partial charge in [0.05, 0.1) is 18.9 Å². The van der Waals surface area contributed by atoms with E-state index in [0.717, 1.165) is 0 Å². The highest BCUT2D eigenvalue weighted by Crippen LogP contribution is 2.03. The second-order valence-electron chi connectivity index (χ2n) is 2.09. The Bertz CT molecular complexity index is 153. The van der Waals surface area contributed by atoms with Gasteiger partial charge >= 0.3 is 11.9 Å². The molecule has 0 saturated carbocycles. The zero-order valence-corrected chi connectivity index (χ0v) is 6.11. The number of ether oxygens (including phenoxy) is 1. The van der Waals surface area contributed by atoms with Crippen molar-refractivity contribution >= 4 is 11.9 Å². The summed E-state index contributed by atoms with van der Waals surface area (Å²) in [5, 5.41) is 16.7. The van der Waals surface area contributed by atoms with Gasteiger partial charge in [-0.15, -0.1) is 0 Å². The third-order valence-electron chi connectivity index (χ3n) is 1.14. The average molecular weight is 162 g/mol. The van der Waals surface area contributed by atoms with E-state index in [0.29, 0.717) is 0 Å². The standard InChI is InChI=1S/C6H10O5/c1-11-3-4(6(9)10)2-5(7)8/h4H,2-3H2,1H3,(H,7,8)(H,9,10)/t4-/m0/s1. The van der Waals surface area contributed by atoms with Crippen LogP contribution in [-0.2, 0) is 14.3 Å². The van der Waals surface area contributed by atoms with E-state index >= 15 is 0 Å². The zero-order valence-electron chi connectivity index (χ0n) is 6.11. The largest absolute Gasteiger partial charge is 0.481 e. The lowest BCUT2D eigenvalue weighted by Crippen LogP contribution is -2.22. The van der Waals surface area contributed by atoms with Crippen LogP contribution in [0.25, 0.3) is 0 Å². The molecule has 1 atom stereocenters. The molecule has 0 heterocycles. The number of rotatable bonds is 5. The van der Waals surface area contributed by atoms with E-state index in [1.54, 1.807) is 0 Å². The second-order valence-corrected chi connectivity index (χ2v) is 2.09. The fourth-order valence-electron chi connectivity index (χ4n) is 0.629. The van der Waals surface area contributed by atoms with Crippen LogP contribution in [0.15, 0.2) is 0 Å². The van der Waals surface area contributed by atoms with Gasteiger partial charge in [-0.25, -0.2) is 0 Å². The van der Waals surface area contributed by atoms with Crippen molar-refractivity contribution < 1.29 is 24.5 Å². The highest BCUT2D eigenvalue weighted by Gasteiger charge is 2.20. The van der Waals surface area contributed by atoms with Crippen LogP contribution in [0, 0.1) is 5.92 Å². The lowest BCUT2D eigenvalue weighted by Gasteiger charge is -2.06. The van der Waals surface area contributed by atoms with Crippen LogP contribution in [0.1, 0.15) is 6.42 Å². The van der Waals surface area contributed by atoms with Gasteiger partial charge in [0.1, 0.15) is 0 Å². The minimum absolute atomic E-state index is 0.0678. The fourth-order valence-corrected chi connectivity index (χ4v) is 0.629. The maximum absolute atomic E-state index is 10.3. The zero-order chi connectivity index (χ0) is 8.85. The topological polar surface area (TPSA) is 83.8 Å². The molecule has 0 aromatic heterocycles. The number of carboxylic acid groups (broad SMARTS) is 2. The molecule has 5 nitrogen and oxygen atoms in total. The predicted octanol–water partition coefficient (Wildman–Crippen LogP) is -0.192. The maximum Gasteiger partial charge on any atom is 0.309 e. The first-order valence-corrected chi connectivity index (χ1v) is 3.01. The summed E-state index contributed by atoms with van der Waals surface area (Å²) in [4.78, 5) is 20.4. The molecule has 0 aliphatic rings. The second kappa shape index (κ2) is 4.68. The Morgan fingerprint density at radius 1 is 1.45 bits per heavy atom. The van der Waals surface area contributed by atoms with E-state index < -0.39 is 24.3 Å². The van der Waals surface area contributed by atoms with Crippen LogP contribution in [0.3, 0.4) is 0 Å². The van der Waals surface area contributed by atoms with Crippen molar-refractivity contribution in [1.82, 2.24) is 0 Å². The number of hydrogen-bond donors (Lipinski definition) is 2. The van der Waals surface area contributed by atoms with Crippen molar-refractivity contribution in [2.24, 2.45) is 5.92 Å². The monoisotopic (exact) mass is 162 g/mol. The van der Waals surface area contributed by atoms with Crippen molar-refractivity contribution in [2.45, 2.75) is 6.42 Å². The molecule has 0 radical (unpaired) electrons. The average Bonchev–Trinajstić information content (AvgIpc) is 1.86. The summed E-state index contributed by atoms with van der Waals surface area (Å²) in [5.41, 5.74) is 0. The third kappa shape index (κ3) is 4.32. The number of carbonyl (C=O) groups is 2. The molecule has 0 bridgehead atoms. The van der Waals surface area contributed by atoms with E-state index in [-0.39, 0.29) is 6.61 Å². The van der Waals surface area contributed by atoms with Crippen molar-refractivity contribution in [1.29, 1.82) is 0 Å². The lowest BCUT2D eigenvalue weighted by atomic mass is 10.1. The normalized spacial score (nSPS) is 12.5. The van der Waals surface area contributed by atoms with Gasteiger partial charge in [-0.1, -0.05) is 0 Å². The molecule has 0 rings (SSSR count). The third-order valence-corrected chi connectivity index (χ3v) is 1.14. The highest BCUT2D eigenvalue weighted by molar-refractivity contribution is 5.77.